The van der Waals surface area contributed by atoms with Crippen LogP contribution >= 0.6 is 0 Å². The highest BCUT2D eigenvalue weighted by Gasteiger charge is 2.28. The van der Waals surface area contributed by atoms with E-state index in [1.54, 1.807) is 24.3 Å². The van der Waals surface area contributed by atoms with Gasteiger partial charge in [0.15, 0.2) is 0 Å². The number of hydrogen-bond donors (Lipinski definition) is 1. The summed E-state index contributed by atoms with van der Waals surface area (Å²) in [5, 5.41) is 13.2. The van der Waals surface area contributed by atoms with E-state index in [1.807, 2.05) is 6.07 Å². The van der Waals surface area contributed by atoms with Gasteiger partial charge in [-0.1, -0.05) is 36.8 Å². The van der Waals surface area contributed by atoms with Crippen LogP contribution in [0.3, 0.4) is 0 Å². The maximum Gasteiger partial charge on any atom is 0.408 e. The van der Waals surface area contributed by atoms with Crippen molar-refractivity contribution in [1.29, 1.82) is 0 Å². The summed E-state index contributed by atoms with van der Waals surface area (Å²) in [6.07, 6.45) is 3.11. The molecule has 0 bridgehead atoms. The maximum atomic E-state index is 12.7. The fraction of sp³-hybridized carbons (Fsp3) is 0.400. The van der Waals surface area contributed by atoms with Crippen LogP contribution in [0.25, 0.3) is 0 Å². The zero-order valence-corrected chi connectivity index (χ0v) is 19.2. The number of alkyl carbamates (subject to hydrolysis) is 1. The molecule has 1 aliphatic rings. The number of nitro benzene ring substituents is 1. The average molecular weight is 485 g/mol. The molecule has 10 nitrogen and oxygen atoms in total. The Bertz CT molecular complexity index is 1000. The minimum atomic E-state index is -1.31. The minimum Gasteiger partial charge on any atom is -0.462 e. The molecule has 2 aromatic carbocycles. The maximum absolute atomic E-state index is 12.7. The van der Waals surface area contributed by atoms with Gasteiger partial charge in [-0.2, -0.15) is 0 Å². The summed E-state index contributed by atoms with van der Waals surface area (Å²) in [4.78, 5) is 47.8. The Balaban J connectivity index is 1.58. The molecular formula is C25H28N2O8. The monoisotopic (exact) mass is 484 g/mol. The molecule has 0 radical (unpaired) electrons. The molecule has 0 aromatic heterocycles. The number of rotatable bonds is 10. The van der Waals surface area contributed by atoms with Crippen molar-refractivity contribution in [1.82, 2.24) is 5.32 Å². The standard InChI is InChI=1S/C25H28N2O8/c28-23(35-21-9-5-2-6-10-21)15-22(26-25(30)34-17-18-7-3-1-4-8-18)24(29)33-16-19-11-13-20(14-12-19)27(31)32/h1,3-4,7-8,11-14,21-22H,2,5-6,9-10,15-17H2,(H,26,30)/t22-/m0/s1. The molecule has 0 saturated heterocycles. The molecule has 0 unspecified atom stereocenters. The fourth-order valence-electron chi connectivity index (χ4n) is 3.65. The van der Waals surface area contributed by atoms with E-state index in [-0.39, 0.29) is 25.0 Å². The van der Waals surface area contributed by atoms with Gasteiger partial charge in [-0.3, -0.25) is 14.9 Å². The van der Waals surface area contributed by atoms with Crippen molar-refractivity contribution in [2.45, 2.75) is 63.9 Å². The highest BCUT2D eigenvalue weighted by atomic mass is 16.6. The second-order valence-corrected chi connectivity index (χ2v) is 8.24. The third kappa shape index (κ3) is 8.73. The first kappa shape index (κ1) is 25.7. The summed E-state index contributed by atoms with van der Waals surface area (Å²) in [6.45, 7) is -0.199. The van der Waals surface area contributed by atoms with Crippen LogP contribution in [-0.4, -0.2) is 35.1 Å². The van der Waals surface area contributed by atoms with Gasteiger partial charge in [0.1, 0.15) is 25.4 Å². The van der Waals surface area contributed by atoms with Gasteiger partial charge < -0.3 is 19.5 Å². The van der Waals surface area contributed by atoms with Gasteiger partial charge in [-0.05, 0) is 48.9 Å². The first-order valence-corrected chi connectivity index (χ1v) is 11.5. The Morgan fingerprint density at radius 3 is 2.20 bits per heavy atom. The lowest BCUT2D eigenvalue weighted by Gasteiger charge is -2.23. The number of carbonyl (C=O) groups is 3. The molecular weight excluding hydrogens is 456 g/mol. The Morgan fingerprint density at radius 2 is 1.54 bits per heavy atom. The van der Waals surface area contributed by atoms with Crippen LogP contribution in [0.15, 0.2) is 54.6 Å². The molecule has 0 heterocycles. The van der Waals surface area contributed by atoms with Crippen LogP contribution in [0.5, 0.6) is 0 Å². The molecule has 1 aliphatic carbocycles. The first-order valence-electron chi connectivity index (χ1n) is 11.5. The quantitative estimate of drug-likeness (QED) is 0.229. The summed E-state index contributed by atoms with van der Waals surface area (Å²) in [5.41, 5.74) is 1.18. The van der Waals surface area contributed by atoms with Crippen molar-refractivity contribution in [3.63, 3.8) is 0 Å². The zero-order valence-electron chi connectivity index (χ0n) is 19.2. The highest BCUT2D eigenvalue weighted by Crippen LogP contribution is 2.21. The summed E-state index contributed by atoms with van der Waals surface area (Å²) in [7, 11) is 0. The molecule has 3 rings (SSSR count). The average Bonchev–Trinajstić information content (AvgIpc) is 2.87. The van der Waals surface area contributed by atoms with E-state index in [9.17, 15) is 24.5 Å². The summed E-state index contributed by atoms with van der Waals surface area (Å²) in [6, 6.07) is 13.2. The van der Waals surface area contributed by atoms with E-state index in [2.05, 4.69) is 5.32 Å². The largest absolute Gasteiger partial charge is 0.462 e. The van der Waals surface area contributed by atoms with Gasteiger partial charge >= 0.3 is 18.0 Å². The van der Waals surface area contributed by atoms with E-state index in [4.69, 9.17) is 14.2 Å². The van der Waals surface area contributed by atoms with Gasteiger partial charge in [0, 0.05) is 12.1 Å². The third-order valence-corrected chi connectivity index (χ3v) is 5.54. The number of esters is 2. The third-order valence-electron chi connectivity index (χ3n) is 5.54. The number of nitro groups is 1. The minimum absolute atomic E-state index is 0.0102. The van der Waals surface area contributed by atoms with Gasteiger partial charge in [0.25, 0.3) is 5.69 Å². The Labute approximate surface area is 202 Å². The lowest BCUT2D eigenvalue weighted by atomic mass is 9.98. The lowest BCUT2D eigenvalue weighted by molar-refractivity contribution is -0.384. The van der Waals surface area contributed by atoms with Gasteiger partial charge in [-0.25, -0.2) is 9.59 Å². The molecule has 0 aliphatic heterocycles. The predicted octanol–water partition coefficient (Wildman–Crippen LogP) is 4.20. The molecule has 35 heavy (non-hydrogen) atoms. The van der Waals surface area contributed by atoms with E-state index in [0.29, 0.717) is 5.56 Å². The van der Waals surface area contributed by atoms with E-state index >= 15 is 0 Å². The van der Waals surface area contributed by atoms with Crippen molar-refractivity contribution in [3.05, 3.63) is 75.8 Å². The molecule has 1 amide bonds. The fourth-order valence-corrected chi connectivity index (χ4v) is 3.65. The van der Waals surface area contributed by atoms with Crippen molar-refractivity contribution < 1.29 is 33.5 Å². The Morgan fingerprint density at radius 1 is 0.914 bits per heavy atom. The lowest BCUT2D eigenvalue weighted by Crippen LogP contribution is -2.44. The number of carbonyl (C=O) groups excluding carboxylic acids is 3. The van der Waals surface area contributed by atoms with Gasteiger partial charge in [0.2, 0.25) is 0 Å². The molecule has 186 valence electrons. The van der Waals surface area contributed by atoms with E-state index in [1.165, 1.54) is 24.3 Å². The Kier molecular flexibility index (Phi) is 9.58. The smallest absolute Gasteiger partial charge is 0.408 e. The molecule has 1 atom stereocenters. The number of benzene rings is 2. The molecule has 2 aromatic rings. The number of ether oxygens (including phenoxy) is 3. The second-order valence-electron chi connectivity index (χ2n) is 8.24. The van der Waals surface area contributed by atoms with Gasteiger partial charge in [-0.15, -0.1) is 0 Å². The van der Waals surface area contributed by atoms with Crippen molar-refractivity contribution >= 4 is 23.7 Å². The molecule has 0 spiro atoms. The van der Waals surface area contributed by atoms with Gasteiger partial charge in [0.05, 0.1) is 11.3 Å². The Hall–Kier alpha value is -3.95. The van der Waals surface area contributed by atoms with Crippen molar-refractivity contribution in [2.75, 3.05) is 0 Å². The highest BCUT2D eigenvalue weighted by molar-refractivity contribution is 5.86. The number of nitrogens with one attached hydrogen (secondary N) is 1. The van der Waals surface area contributed by atoms with E-state index in [0.717, 1.165) is 37.7 Å². The summed E-state index contributed by atoms with van der Waals surface area (Å²) in [5.74, 6) is -1.46. The van der Waals surface area contributed by atoms with E-state index < -0.39 is 35.4 Å². The van der Waals surface area contributed by atoms with Crippen LogP contribution in [0.1, 0.15) is 49.7 Å². The van der Waals surface area contributed by atoms with Crippen molar-refractivity contribution in [2.24, 2.45) is 0 Å². The van der Waals surface area contributed by atoms with Crippen molar-refractivity contribution in [3.8, 4) is 0 Å². The van der Waals surface area contributed by atoms with Crippen LogP contribution in [0.4, 0.5) is 10.5 Å². The topological polar surface area (TPSA) is 134 Å². The number of non-ortho nitro benzene ring substituents is 1. The second kappa shape index (κ2) is 13.1. The number of hydrogen-bond acceptors (Lipinski definition) is 8. The first-order chi connectivity index (χ1) is 16.9. The van der Waals surface area contributed by atoms with Crippen LogP contribution in [0.2, 0.25) is 0 Å². The normalized spacial score (nSPS) is 14.4. The summed E-state index contributed by atoms with van der Waals surface area (Å²) >= 11 is 0. The van der Waals surface area contributed by atoms with Crippen LogP contribution in [-0.2, 0) is 37.0 Å². The molecule has 1 N–H and O–H groups in total. The van der Waals surface area contributed by atoms with Crippen LogP contribution in [0, 0.1) is 10.1 Å². The molecule has 10 heteroatoms. The zero-order chi connectivity index (χ0) is 25.0. The van der Waals surface area contributed by atoms with Crippen LogP contribution < -0.4 is 5.32 Å². The SMILES string of the molecule is O=C(C[C@H](NC(=O)OCc1ccccc1)C(=O)OCc1ccc([N+](=O)[O-])cc1)OC1CCCCC1. The number of amides is 1. The summed E-state index contributed by atoms with van der Waals surface area (Å²) < 4.78 is 15.9. The molecule has 1 fully saturated rings. The predicted molar refractivity (Wildman–Crippen MR) is 124 cm³/mol. The number of nitrogens with zero attached hydrogens (tertiary/aromatic N) is 1. The molecule has 1 saturated carbocycles.